The number of hydrogen-bond donors (Lipinski definition) is 0. The first-order valence-corrected chi connectivity index (χ1v) is 10.6. The molecule has 31 heavy (non-hydrogen) atoms. The lowest BCUT2D eigenvalue weighted by atomic mass is 10.1. The minimum atomic E-state index is 0.677. The number of morpholine rings is 1. The van der Waals surface area contributed by atoms with Gasteiger partial charge in [-0.15, -0.1) is 0 Å². The lowest BCUT2D eigenvalue weighted by Gasteiger charge is -2.27. The fourth-order valence-corrected chi connectivity index (χ4v) is 4.32. The molecule has 0 unspecified atom stereocenters. The Bertz CT molecular complexity index is 1230. The van der Waals surface area contributed by atoms with Crippen molar-refractivity contribution in [2.24, 2.45) is 7.05 Å². The van der Waals surface area contributed by atoms with Crippen LogP contribution in [0.4, 0.5) is 5.82 Å². The van der Waals surface area contributed by atoms with Crippen molar-refractivity contribution >= 4 is 28.3 Å². The van der Waals surface area contributed by atoms with Gasteiger partial charge < -0.3 is 18.9 Å². The van der Waals surface area contributed by atoms with Gasteiger partial charge in [0.25, 0.3) is 0 Å². The molecule has 0 aliphatic carbocycles. The largest absolute Gasteiger partial charge is 0.495 e. The molecule has 0 spiro atoms. The number of rotatable bonds is 4. The number of aromatic nitrogens is 3. The standard InChI is InChI=1S/C24H23ClN4O2/c1-28-22(16-3-4-24(27-14-16)29-5-7-31-8-6-29)11-17-10-20(21(25)12-23(17)28)18-9-19(30-2)15-26-13-18/h3-4,9-15H,5-8H2,1-2H3. The van der Waals surface area contributed by atoms with Gasteiger partial charge in [0.05, 0.1) is 37.2 Å². The zero-order valence-corrected chi connectivity index (χ0v) is 18.3. The lowest BCUT2D eigenvalue weighted by Crippen LogP contribution is -2.36. The van der Waals surface area contributed by atoms with Crippen LogP contribution in [0.25, 0.3) is 33.3 Å². The number of methoxy groups -OCH3 is 1. The van der Waals surface area contributed by atoms with Crippen LogP contribution < -0.4 is 9.64 Å². The van der Waals surface area contributed by atoms with E-state index in [4.69, 9.17) is 26.1 Å². The fraction of sp³-hybridized carbons (Fsp3) is 0.250. The van der Waals surface area contributed by atoms with Crippen molar-refractivity contribution in [3.8, 4) is 28.1 Å². The Hall–Kier alpha value is -3.09. The van der Waals surface area contributed by atoms with Gasteiger partial charge in [0.1, 0.15) is 11.6 Å². The molecule has 5 rings (SSSR count). The number of anilines is 1. The van der Waals surface area contributed by atoms with Gasteiger partial charge in [-0.05, 0) is 36.4 Å². The van der Waals surface area contributed by atoms with Crippen molar-refractivity contribution in [2.75, 3.05) is 38.3 Å². The monoisotopic (exact) mass is 434 g/mol. The van der Waals surface area contributed by atoms with Gasteiger partial charge in [-0.1, -0.05) is 11.6 Å². The van der Waals surface area contributed by atoms with Crippen molar-refractivity contribution in [1.29, 1.82) is 0 Å². The highest BCUT2D eigenvalue weighted by atomic mass is 35.5. The van der Waals surface area contributed by atoms with Crippen LogP contribution in [0.3, 0.4) is 0 Å². The first kappa shape index (κ1) is 19.8. The number of halogens is 1. The molecule has 0 saturated carbocycles. The topological polar surface area (TPSA) is 52.4 Å². The van der Waals surface area contributed by atoms with E-state index in [-0.39, 0.29) is 0 Å². The van der Waals surface area contributed by atoms with Crippen LogP contribution in [0.1, 0.15) is 0 Å². The van der Waals surface area contributed by atoms with Crippen LogP contribution >= 0.6 is 11.6 Å². The molecule has 0 radical (unpaired) electrons. The Morgan fingerprint density at radius 3 is 2.58 bits per heavy atom. The summed E-state index contributed by atoms with van der Waals surface area (Å²) in [5, 5.41) is 1.79. The van der Waals surface area contributed by atoms with Gasteiger partial charge >= 0.3 is 0 Å². The molecule has 0 bridgehead atoms. The molecule has 6 nitrogen and oxygen atoms in total. The van der Waals surface area contributed by atoms with E-state index in [1.165, 1.54) is 0 Å². The molecule has 158 valence electrons. The summed E-state index contributed by atoms with van der Waals surface area (Å²) in [5.74, 6) is 1.69. The van der Waals surface area contributed by atoms with E-state index < -0.39 is 0 Å². The molecule has 3 aromatic heterocycles. The van der Waals surface area contributed by atoms with Gasteiger partial charge in [0.15, 0.2) is 0 Å². The van der Waals surface area contributed by atoms with E-state index in [0.29, 0.717) is 10.8 Å². The van der Waals surface area contributed by atoms with E-state index in [1.807, 2.05) is 18.3 Å². The summed E-state index contributed by atoms with van der Waals surface area (Å²) in [4.78, 5) is 11.2. The van der Waals surface area contributed by atoms with Gasteiger partial charge in [-0.3, -0.25) is 4.98 Å². The average molecular weight is 435 g/mol. The summed E-state index contributed by atoms with van der Waals surface area (Å²) in [6.07, 6.45) is 5.42. The zero-order valence-electron chi connectivity index (χ0n) is 17.5. The summed E-state index contributed by atoms with van der Waals surface area (Å²) < 4.78 is 12.9. The van der Waals surface area contributed by atoms with Crippen LogP contribution in [0.5, 0.6) is 5.75 Å². The Labute approximate surface area is 186 Å². The van der Waals surface area contributed by atoms with Crippen molar-refractivity contribution in [1.82, 2.24) is 14.5 Å². The van der Waals surface area contributed by atoms with E-state index in [0.717, 1.165) is 65.4 Å². The van der Waals surface area contributed by atoms with Crippen molar-refractivity contribution in [2.45, 2.75) is 0 Å². The molecule has 1 saturated heterocycles. The van der Waals surface area contributed by atoms with Crippen molar-refractivity contribution in [3.05, 3.63) is 60.0 Å². The molecule has 1 aromatic carbocycles. The van der Waals surface area contributed by atoms with Gasteiger partial charge in [0, 0.05) is 60.1 Å². The number of pyridine rings is 2. The quantitative estimate of drug-likeness (QED) is 0.461. The third-order valence-electron chi connectivity index (χ3n) is 5.77. The van der Waals surface area contributed by atoms with Gasteiger partial charge in [-0.2, -0.15) is 0 Å². The predicted octanol–water partition coefficient (Wildman–Crippen LogP) is 4.80. The maximum Gasteiger partial charge on any atom is 0.137 e. The third kappa shape index (κ3) is 3.73. The summed E-state index contributed by atoms with van der Waals surface area (Å²) in [7, 11) is 3.68. The summed E-state index contributed by atoms with van der Waals surface area (Å²) in [5.41, 5.74) is 5.08. The molecular weight excluding hydrogens is 412 g/mol. The number of fused-ring (bicyclic) bond motifs is 1. The maximum absolute atomic E-state index is 6.66. The maximum atomic E-state index is 6.66. The zero-order chi connectivity index (χ0) is 21.4. The molecule has 1 aliphatic rings. The highest BCUT2D eigenvalue weighted by molar-refractivity contribution is 6.34. The molecule has 0 N–H and O–H groups in total. The van der Waals surface area contributed by atoms with E-state index in [1.54, 1.807) is 19.5 Å². The highest BCUT2D eigenvalue weighted by Crippen LogP contribution is 2.36. The van der Waals surface area contributed by atoms with Gasteiger partial charge in [-0.25, -0.2) is 4.98 Å². The summed E-state index contributed by atoms with van der Waals surface area (Å²) in [6, 6.07) is 12.4. The molecular formula is C24H23ClN4O2. The van der Waals surface area contributed by atoms with Crippen molar-refractivity contribution < 1.29 is 9.47 Å². The van der Waals surface area contributed by atoms with Crippen LogP contribution in [-0.2, 0) is 11.8 Å². The third-order valence-corrected chi connectivity index (χ3v) is 6.08. The normalized spacial score (nSPS) is 14.2. The second-order valence-corrected chi connectivity index (χ2v) is 8.00. The first-order valence-electron chi connectivity index (χ1n) is 10.2. The molecule has 1 fully saturated rings. The van der Waals surface area contributed by atoms with Crippen LogP contribution in [-0.4, -0.2) is 47.9 Å². The smallest absolute Gasteiger partial charge is 0.137 e. The molecule has 7 heteroatoms. The number of benzene rings is 1. The highest BCUT2D eigenvalue weighted by Gasteiger charge is 2.15. The Balaban J connectivity index is 1.52. The molecule has 0 atom stereocenters. The van der Waals surface area contributed by atoms with Gasteiger partial charge in [0.2, 0.25) is 0 Å². The summed E-state index contributed by atoms with van der Waals surface area (Å²) in [6.45, 7) is 3.25. The Morgan fingerprint density at radius 1 is 1.00 bits per heavy atom. The molecule has 4 heterocycles. The molecule has 0 amide bonds. The second-order valence-electron chi connectivity index (χ2n) is 7.60. The molecule has 4 aromatic rings. The summed E-state index contributed by atoms with van der Waals surface area (Å²) >= 11 is 6.66. The van der Waals surface area contributed by atoms with E-state index >= 15 is 0 Å². The first-order chi connectivity index (χ1) is 15.1. The second kappa shape index (κ2) is 8.21. The van der Waals surface area contributed by atoms with Crippen LogP contribution in [0.15, 0.2) is 55.0 Å². The molecule has 1 aliphatic heterocycles. The number of ether oxygens (including phenoxy) is 2. The van der Waals surface area contributed by atoms with E-state index in [9.17, 15) is 0 Å². The average Bonchev–Trinajstić information content (AvgIpc) is 3.14. The fourth-order valence-electron chi connectivity index (χ4n) is 4.05. The number of hydrogen-bond acceptors (Lipinski definition) is 5. The number of aryl methyl sites for hydroxylation is 1. The SMILES string of the molecule is COc1cncc(-c2cc3cc(-c4ccc(N5CCOCC5)nc4)n(C)c3cc2Cl)c1. The number of nitrogens with zero attached hydrogens (tertiary/aromatic N) is 4. The predicted molar refractivity (Wildman–Crippen MR) is 124 cm³/mol. The Kier molecular flexibility index (Phi) is 5.26. The lowest BCUT2D eigenvalue weighted by molar-refractivity contribution is 0.122. The van der Waals surface area contributed by atoms with E-state index in [2.05, 4.69) is 45.8 Å². The minimum Gasteiger partial charge on any atom is -0.495 e. The van der Waals surface area contributed by atoms with Crippen LogP contribution in [0, 0.1) is 0 Å². The minimum absolute atomic E-state index is 0.677. The Morgan fingerprint density at radius 2 is 1.84 bits per heavy atom. The van der Waals surface area contributed by atoms with Crippen LogP contribution in [0.2, 0.25) is 5.02 Å². The van der Waals surface area contributed by atoms with Crippen molar-refractivity contribution in [3.63, 3.8) is 0 Å².